The number of aryl methyl sites for hydroxylation is 1. The Morgan fingerprint density at radius 1 is 1.06 bits per heavy atom. The van der Waals surface area contributed by atoms with Crippen molar-refractivity contribution in [2.24, 2.45) is 0 Å². The fourth-order valence-corrected chi connectivity index (χ4v) is 3.17. The van der Waals surface area contributed by atoms with Crippen LogP contribution in [0.1, 0.15) is 56.6 Å². The maximum absolute atomic E-state index is 9.78. The van der Waals surface area contributed by atoms with E-state index in [2.05, 4.69) is 19.9 Å². The van der Waals surface area contributed by atoms with Crippen LogP contribution in [-0.2, 0) is 5.75 Å². The first-order valence-electron chi connectivity index (χ1n) is 7.11. The first-order valence-corrected chi connectivity index (χ1v) is 8.26. The lowest BCUT2D eigenvalue weighted by Crippen LogP contribution is -1.89. The Bertz CT molecular complexity index is 316. The molecule has 1 N–H and O–H groups in total. The highest BCUT2D eigenvalue weighted by atomic mass is 32.2. The van der Waals surface area contributed by atoms with Crippen molar-refractivity contribution >= 4 is 11.8 Å². The monoisotopic (exact) mass is 266 g/mol. The third-order valence-electron chi connectivity index (χ3n) is 3.27. The fourth-order valence-electron chi connectivity index (χ4n) is 2.03. The summed E-state index contributed by atoms with van der Waals surface area (Å²) in [5.41, 5.74) is 2.30. The molecular formula is C16H26OS. The highest BCUT2D eigenvalue weighted by molar-refractivity contribution is 7.98. The topological polar surface area (TPSA) is 20.2 Å². The molecule has 0 heterocycles. The molecule has 0 spiro atoms. The van der Waals surface area contributed by atoms with Crippen molar-refractivity contribution in [1.29, 1.82) is 0 Å². The van der Waals surface area contributed by atoms with Crippen LogP contribution in [0.3, 0.4) is 0 Å². The first kappa shape index (κ1) is 15.4. The van der Waals surface area contributed by atoms with E-state index >= 15 is 0 Å². The first-order chi connectivity index (χ1) is 8.75. The molecule has 2 heteroatoms. The largest absolute Gasteiger partial charge is 0.508 e. The van der Waals surface area contributed by atoms with Crippen LogP contribution in [0.4, 0.5) is 0 Å². The maximum atomic E-state index is 9.78. The van der Waals surface area contributed by atoms with Crippen LogP contribution in [0, 0.1) is 6.92 Å². The van der Waals surface area contributed by atoms with E-state index in [4.69, 9.17) is 0 Å². The molecule has 0 aromatic heterocycles. The number of unbranched alkanes of at least 4 members (excludes halogenated alkanes) is 5. The summed E-state index contributed by atoms with van der Waals surface area (Å²) in [5.74, 6) is 2.60. The summed E-state index contributed by atoms with van der Waals surface area (Å²) in [6, 6.07) is 5.76. The summed E-state index contributed by atoms with van der Waals surface area (Å²) in [4.78, 5) is 0. The Hall–Kier alpha value is -0.630. The Balaban J connectivity index is 2.11. The molecule has 0 atom stereocenters. The van der Waals surface area contributed by atoms with Crippen molar-refractivity contribution in [3.8, 4) is 5.75 Å². The molecule has 0 amide bonds. The highest BCUT2D eigenvalue weighted by Gasteiger charge is 2.03. The van der Waals surface area contributed by atoms with E-state index in [1.807, 2.05) is 17.8 Å². The van der Waals surface area contributed by atoms with Crippen molar-refractivity contribution in [1.82, 2.24) is 0 Å². The van der Waals surface area contributed by atoms with Gasteiger partial charge in [0.25, 0.3) is 0 Å². The Morgan fingerprint density at radius 3 is 2.50 bits per heavy atom. The molecule has 102 valence electrons. The van der Waals surface area contributed by atoms with Crippen LogP contribution in [0.25, 0.3) is 0 Å². The standard InChI is InChI=1S/C16H26OS/c1-3-4-5-6-7-8-12-18-13-15-14(2)10-9-11-16(15)17/h9-11,17H,3-8,12-13H2,1-2H3. The SMILES string of the molecule is CCCCCCCCSCc1c(C)cccc1O. The van der Waals surface area contributed by atoms with Gasteiger partial charge in [0.05, 0.1) is 0 Å². The van der Waals surface area contributed by atoms with Gasteiger partial charge in [0.15, 0.2) is 0 Å². The van der Waals surface area contributed by atoms with Gasteiger partial charge in [-0.05, 0) is 30.7 Å². The number of aromatic hydroxyl groups is 1. The van der Waals surface area contributed by atoms with Crippen LogP contribution in [0.2, 0.25) is 0 Å². The van der Waals surface area contributed by atoms with Gasteiger partial charge in [0.2, 0.25) is 0 Å². The summed E-state index contributed by atoms with van der Waals surface area (Å²) in [6.45, 7) is 4.32. The van der Waals surface area contributed by atoms with E-state index < -0.39 is 0 Å². The van der Waals surface area contributed by atoms with Crippen LogP contribution < -0.4 is 0 Å². The Labute approximate surface area is 116 Å². The molecule has 1 nitrogen and oxygen atoms in total. The summed E-state index contributed by atoms with van der Waals surface area (Å²) >= 11 is 1.94. The molecule has 0 saturated heterocycles. The summed E-state index contributed by atoms with van der Waals surface area (Å²) in [5, 5.41) is 9.78. The molecule has 0 bridgehead atoms. The molecule has 18 heavy (non-hydrogen) atoms. The van der Waals surface area contributed by atoms with Gasteiger partial charge < -0.3 is 5.11 Å². The van der Waals surface area contributed by atoms with Gasteiger partial charge in [-0.2, -0.15) is 11.8 Å². The van der Waals surface area contributed by atoms with Crippen molar-refractivity contribution < 1.29 is 5.11 Å². The van der Waals surface area contributed by atoms with E-state index in [0.717, 1.165) is 11.3 Å². The zero-order valence-electron chi connectivity index (χ0n) is 11.7. The third kappa shape index (κ3) is 5.81. The summed E-state index contributed by atoms with van der Waals surface area (Å²) in [7, 11) is 0. The number of benzene rings is 1. The summed E-state index contributed by atoms with van der Waals surface area (Å²) < 4.78 is 0. The van der Waals surface area contributed by atoms with E-state index in [1.165, 1.54) is 49.8 Å². The molecule has 1 rings (SSSR count). The average Bonchev–Trinajstić information content (AvgIpc) is 2.35. The minimum absolute atomic E-state index is 0.449. The zero-order valence-corrected chi connectivity index (χ0v) is 12.6. The summed E-state index contributed by atoms with van der Waals surface area (Å²) in [6.07, 6.45) is 8.13. The van der Waals surface area contributed by atoms with Crippen LogP contribution in [-0.4, -0.2) is 10.9 Å². The van der Waals surface area contributed by atoms with Gasteiger partial charge in [-0.1, -0.05) is 51.2 Å². The quantitative estimate of drug-likeness (QED) is 0.612. The second-order valence-corrected chi connectivity index (χ2v) is 6.00. The normalized spacial score (nSPS) is 10.8. The minimum Gasteiger partial charge on any atom is -0.508 e. The Kier molecular flexibility index (Phi) is 7.99. The van der Waals surface area contributed by atoms with Gasteiger partial charge in [-0.3, -0.25) is 0 Å². The Morgan fingerprint density at radius 2 is 1.78 bits per heavy atom. The third-order valence-corrected chi connectivity index (χ3v) is 4.34. The predicted octanol–water partition coefficient (Wildman–Crippen LogP) is 5.29. The van der Waals surface area contributed by atoms with Crippen molar-refractivity contribution in [3.05, 3.63) is 29.3 Å². The average molecular weight is 266 g/mol. The second-order valence-electron chi connectivity index (χ2n) is 4.89. The van der Waals surface area contributed by atoms with E-state index in [-0.39, 0.29) is 0 Å². The van der Waals surface area contributed by atoms with Gasteiger partial charge in [0, 0.05) is 11.3 Å². The molecule has 0 radical (unpaired) electrons. The van der Waals surface area contributed by atoms with Crippen LogP contribution in [0.5, 0.6) is 5.75 Å². The number of phenols is 1. The van der Waals surface area contributed by atoms with E-state index in [9.17, 15) is 5.11 Å². The van der Waals surface area contributed by atoms with Gasteiger partial charge >= 0.3 is 0 Å². The van der Waals surface area contributed by atoms with E-state index in [1.54, 1.807) is 6.07 Å². The number of phenolic OH excluding ortho intramolecular Hbond substituents is 1. The molecule has 0 aliphatic carbocycles. The fraction of sp³-hybridized carbons (Fsp3) is 0.625. The smallest absolute Gasteiger partial charge is 0.119 e. The lowest BCUT2D eigenvalue weighted by molar-refractivity contribution is 0.470. The molecule has 0 aliphatic heterocycles. The zero-order chi connectivity index (χ0) is 13.2. The van der Waals surface area contributed by atoms with Crippen LogP contribution in [0.15, 0.2) is 18.2 Å². The van der Waals surface area contributed by atoms with E-state index in [0.29, 0.717) is 5.75 Å². The maximum Gasteiger partial charge on any atom is 0.119 e. The lowest BCUT2D eigenvalue weighted by atomic mass is 10.1. The minimum atomic E-state index is 0.449. The van der Waals surface area contributed by atoms with Crippen molar-refractivity contribution in [2.45, 2.75) is 58.1 Å². The predicted molar refractivity (Wildman–Crippen MR) is 82.4 cm³/mol. The van der Waals surface area contributed by atoms with Gasteiger partial charge in [0.1, 0.15) is 5.75 Å². The van der Waals surface area contributed by atoms with Gasteiger partial charge in [-0.15, -0.1) is 0 Å². The molecule has 0 aliphatic rings. The number of rotatable bonds is 9. The molecule has 1 aromatic carbocycles. The van der Waals surface area contributed by atoms with Crippen molar-refractivity contribution in [3.63, 3.8) is 0 Å². The molecule has 0 saturated carbocycles. The lowest BCUT2D eigenvalue weighted by Gasteiger charge is -2.07. The highest BCUT2D eigenvalue weighted by Crippen LogP contribution is 2.25. The van der Waals surface area contributed by atoms with Crippen LogP contribution >= 0.6 is 11.8 Å². The number of hydrogen-bond acceptors (Lipinski definition) is 2. The molecule has 0 fully saturated rings. The molecule has 1 aromatic rings. The second kappa shape index (κ2) is 9.32. The number of thioether (sulfide) groups is 1. The molecule has 0 unspecified atom stereocenters. The van der Waals surface area contributed by atoms with Gasteiger partial charge in [-0.25, -0.2) is 0 Å². The number of hydrogen-bond donors (Lipinski definition) is 1. The molecular weight excluding hydrogens is 240 g/mol. The van der Waals surface area contributed by atoms with Crippen molar-refractivity contribution in [2.75, 3.05) is 5.75 Å².